The van der Waals surface area contributed by atoms with Crippen LogP contribution in [0.1, 0.15) is 11.6 Å². The van der Waals surface area contributed by atoms with Crippen molar-refractivity contribution >= 4 is 15.9 Å². The van der Waals surface area contributed by atoms with E-state index < -0.39 is 0 Å². The van der Waals surface area contributed by atoms with E-state index in [0.717, 1.165) is 25.2 Å². The first-order valence-corrected chi connectivity index (χ1v) is 5.46. The van der Waals surface area contributed by atoms with Crippen LogP contribution in [-0.4, -0.2) is 19.6 Å². The van der Waals surface area contributed by atoms with E-state index >= 15 is 0 Å². The number of hydrogen-bond acceptors (Lipinski definition) is 2. The third kappa shape index (κ3) is 1.97. The lowest BCUT2D eigenvalue weighted by Gasteiger charge is -2.25. The van der Waals surface area contributed by atoms with Gasteiger partial charge in [-0.2, -0.15) is 0 Å². The van der Waals surface area contributed by atoms with Gasteiger partial charge in [0.2, 0.25) is 0 Å². The molecule has 14 heavy (non-hydrogen) atoms. The van der Waals surface area contributed by atoms with Gasteiger partial charge in [0.15, 0.2) is 0 Å². The van der Waals surface area contributed by atoms with E-state index in [4.69, 9.17) is 0 Å². The Morgan fingerprint density at radius 1 is 1.36 bits per heavy atom. The number of piperazine rings is 1. The zero-order chi connectivity index (χ0) is 9.97. The molecule has 76 valence electrons. The maximum absolute atomic E-state index is 13.2. The van der Waals surface area contributed by atoms with Gasteiger partial charge < -0.3 is 10.6 Å². The van der Waals surface area contributed by atoms with Crippen molar-refractivity contribution in [3.05, 3.63) is 34.1 Å². The first-order chi connectivity index (χ1) is 6.79. The molecule has 1 aromatic rings. The zero-order valence-electron chi connectivity index (χ0n) is 7.69. The highest BCUT2D eigenvalue weighted by atomic mass is 79.9. The predicted octanol–water partition coefficient (Wildman–Crippen LogP) is 1.82. The minimum Gasteiger partial charge on any atom is -0.314 e. The van der Waals surface area contributed by atoms with E-state index in [1.54, 1.807) is 6.07 Å². The molecule has 4 heteroatoms. The average molecular weight is 259 g/mol. The van der Waals surface area contributed by atoms with Crippen molar-refractivity contribution in [3.63, 3.8) is 0 Å². The molecular formula is C10H12BrFN2. The summed E-state index contributed by atoms with van der Waals surface area (Å²) < 4.78 is 13.8. The molecule has 0 saturated carbocycles. The molecule has 2 rings (SSSR count). The third-order valence-corrected chi connectivity index (χ3v) is 3.23. The maximum Gasteiger partial charge on any atom is 0.137 e. The molecule has 1 atom stereocenters. The summed E-state index contributed by atoms with van der Waals surface area (Å²) >= 11 is 3.27. The summed E-state index contributed by atoms with van der Waals surface area (Å²) in [6.07, 6.45) is 0. The largest absolute Gasteiger partial charge is 0.314 e. The number of halogens is 2. The fourth-order valence-corrected chi connectivity index (χ4v) is 2.20. The van der Waals surface area contributed by atoms with Gasteiger partial charge in [-0.1, -0.05) is 12.1 Å². The average Bonchev–Trinajstić information content (AvgIpc) is 2.23. The molecule has 0 spiro atoms. The maximum atomic E-state index is 13.2. The second kappa shape index (κ2) is 4.38. The number of rotatable bonds is 1. The molecule has 0 radical (unpaired) electrons. The van der Waals surface area contributed by atoms with Gasteiger partial charge in [-0.15, -0.1) is 0 Å². The Balaban J connectivity index is 2.26. The molecule has 0 bridgehead atoms. The normalized spacial score (nSPS) is 22.3. The van der Waals surface area contributed by atoms with Gasteiger partial charge in [0.1, 0.15) is 5.82 Å². The fourth-order valence-electron chi connectivity index (χ4n) is 1.66. The van der Waals surface area contributed by atoms with Crippen LogP contribution in [0.15, 0.2) is 22.7 Å². The molecule has 2 N–H and O–H groups in total. The van der Waals surface area contributed by atoms with Crippen molar-refractivity contribution in [2.24, 2.45) is 0 Å². The van der Waals surface area contributed by atoms with E-state index in [1.165, 1.54) is 6.07 Å². The van der Waals surface area contributed by atoms with Crippen LogP contribution >= 0.6 is 15.9 Å². The van der Waals surface area contributed by atoms with Crippen LogP contribution in [0, 0.1) is 5.82 Å². The zero-order valence-corrected chi connectivity index (χ0v) is 9.27. The smallest absolute Gasteiger partial charge is 0.137 e. The van der Waals surface area contributed by atoms with Crippen LogP contribution in [-0.2, 0) is 0 Å². The summed E-state index contributed by atoms with van der Waals surface area (Å²) in [6, 6.07) is 5.35. The third-order valence-electron chi connectivity index (χ3n) is 2.40. The molecule has 0 aliphatic carbocycles. The summed E-state index contributed by atoms with van der Waals surface area (Å²) in [5.74, 6) is -0.199. The highest BCUT2D eigenvalue weighted by molar-refractivity contribution is 9.10. The van der Waals surface area contributed by atoms with E-state index in [9.17, 15) is 4.39 Å². The Hall–Kier alpha value is -0.450. The summed E-state index contributed by atoms with van der Waals surface area (Å²) in [4.78, 5) is 0. The van der Waals surface area contributed by atoms with Crippen LogP contribution < -0.4 is 10.6 Å². The lowest BCUT2D eigenvalue weighted by molar-refractivity contribution is 0.427. The minimum atomic E-state index is -0.199. The molecular weight excluding hydrogens is 247 g/mol. The van der Waals surface area contributed by atoms with Gasteiger partial charge in [-0.05, 0) is 27.6 Å². The quantitative estimate of drug-likeness (QED) is 0.803. The van der Waals surface area contributed by atoms with E-state index in [1.807, 2.05) is 6.07 Å². The predicted molar refractivity (Wildman–Crippen MR) is 57.7 cm³/mol. The monoisotopic (exact) mass is 258 g/mol. The van der Waals surface area contributed by atoms with Crippen LogP contribution in [0.4, 0.5) is 4.39 Å². The van der Waals surface area contributed by atoms with Crippen LogP contribution in [0.25, 0.3) is 0 Å². The Labute approximate surface area is 91.0 Å². The molecule has 1 fully saturated rings. The second-order valence-electron chi connectivity index (χ2n) is 3.35. The van der Waals surface area contributed by atoms with Gasteiger partial charge in [-0.25, -0.2) is 4.39 Å². The van der Waals surface area contributed by atoms with E-state index in [2.05, 4.69) is 26.6 Å². The summed E-state index contributed by atoms with van der Waals surface area (Å²) in [6.45, 7) is 2.75. The standard InChI is InChI=1S/C10H12BrFN2/c11-10-7(2-1-3-8(10)12)9-6-13-4-5-14-9/h1-3,9,13-14H,4-6H2. The molecule has 2 nitrogen and oxygen atoms in total. The van der Waals surface area contributed by atoms with Gasteiger partial charge in [0.05, 0.1) is 4.47 Å². The van der Waals surface area contributed by atoms with Crippen LogP contribution in [0.5, 0.6) is 0 Å². The van der Waals surface area contributed by atoms with Gasteiger partial charge in [0.25, 0.3) is 0 Å². The molecule has 1 aliphatic rings. The van der Waals surface area contributed by atoms with E-state index in [-0.39, 0.29) is 11.9 Å². The Bertz CT molecular complexity index is 324. The molecule has 1 unspecified atom stereocenters. The summed E-state index contributed by atoms with van der Waals surface area (Å²) in [7, 11) is 0. The lowest BCUT2D eigenvalue weighted by Crippen LogP contribution is -2.42. The second-order valence-corrected chi connectivity index (χ2v) is 4.15. The van der Waals surface area contributed by atoms with Crippen LogP contribution in [0.3, 0.4) is 0 Å². The fraction of sp³-hybridized carbons (Fsp3) is 0.400. The van der Waals surface area contributed by atoms with Crippen molar-refractivity contribution in [1.29, 1.82) is 0 Å². The number of benzene rings is 1. The first-order valence-electron chi connectivity index (χ1n) is 4.67. The molecule has 1 saturated heterocycles. The molecule has 1 heterocycles. The van der Waals surface area contributed by atoms with Gasteiger partial charge >= 0.3 is 0 Å². The highest BCUT2D eigenvalue weighted by Gasteiger charge is 2.17. The van der Waals surface area contributed by atoms with Crippen molar-refractivity contribution in [1.82, 2.24) is 10.6 Å². The summed E-state index contributed by atoms with van der Waals surface area (Å²) in [5.41, 5.74) is 0.984. The highest BCUT2D eigenvalue weighted by Crippen LogP contribution is 2.26. The minimum absolute atomic E-state index is 0.199. The molecule has 1 aromatic carbocycles. The van der Waals surface area contributed by atoms with Crippen molar-refractivity contribution in [3.8, 4) is 0 Å². The number of hydrogen-bond donors (Lipinski definition) is 2. The summed E-state index contributed by atoms with van der Waals surface area (Å²) in [5, 5.41) is 6.62. The van der Waals surface area contributed by atoms with Gasteiger partial charge in [-0.3, -0.25) is 0 Å². The van der Waals surface area contributed by atoms with Crippen LogP contribution in [0.2, 0.25) is 0 Å². The number of nitrogens with one attached hydrogen (secondary N) is 2. The van der Waals surface area contributed by atoms with Crippen molar-refractivity contribution in [2.45, 2.75) is 6.04 Å². The SMILES string of the molecule is Fc1cccc(C2CNCCN2)c1Br. The van der Waals surface area contributed by atoms with Crippen molar-refractivity contribution in [2.75, 3.05) is 19.6 Å². The molecule has 0 amide bonds. The Morgan fingerprint density at radius 3 is 2.93 bits per heavy atom. The topological polar surface area (TPSA) is 24.1 Å². The molecule has 0 aromatic heterocycles. The lowest BCUT2D eigenvalue weighted by atomic mass is 10.1. The Kier molecular flexibility index (Phi) is 3.15. The van der Waals surface area contributed by atoms with Crippen molar-refractivity contribution < 1.29 is 4.39 Å². The Morgan fingerprint density at radius 2 is 2.21 bits per heavy atom. The van der Waals surface area contributed by atoms with E-state index in [0.29, 0.717) is 4.47 Å². The first kappa shape index (κ1) is 10.1. The molecule has 1 aliphatic heterocycles. The van der Waals surface area contributed by atoms with Gasteiger partial charge in [0, 0.05) is 25.7 Å².